The maximum Gasteiger partial charge on any atom is 0.146 e. The molecule has 1 aromatic rings. The summed E-state index contributed by atoms with van der Waals surface area (Å²) in [5, 5.41) is 1.07. The first-order valence-electron chi connectivity index (χ1n) is 4.60. The number of ether oxygens (including phenoxy) is 1. The van der Waals surface area contributed by atoms with Gasteiger partial charge in [0.1, 0.15) is 5.75 Å². The van der Waals surface area contributed by atoms with Crippen LogP contribution in [-0.2, 0) is 0 Å². The van der Waals surface area contributed by atoms with Crippen molar-refractivity contribution in [2.24, 2.45) is 4.99 Å². The van der Waals surface area contributed by atoms with E-state index in [0.29, 0.717) is 15.8 Å². The van der Waals surface area contributed by atoms with E-state index >= 15 is 0 Å². The molecule has 0 heterocycles. The Balaban J connectivity index is 3.14. The van der Waals surface area contributed by atoms with Crippen LogP contribution in [0.3, 0.4) is 0 Å². The number of hydrogen-bond donors (Lipinski definition) is 0. The third-order valence-corrected chi connectivity index (χ3v) is 2.25. The van der Waals surface area contributed by atoms with E-state index in [0.717, 1.165) is 5.56 Å². The van der Waals surface area contributed by atoms with Gasteiger partial charge in [-0.05, 0) is 26.0 Å². The van der Waals surface area contributed by atoms with Crippen LogP contribution in [0.5, 0.6) is 5.75 Å². The number of aliphatic imine (C=N–C) groups is 1. The van der Waals surface area contributed by atoms with Crippen molar-refractivity contribution < 1.29 is 4.74 Å². The van der Waals surface area contributed by atoms with Crippen LogP contribution >= 0.6 is 23.2 Å². The Labute approximate surface area is 99.9 Å². The second-order valence-corrected chi connectivity index (χ2v) is 4.23. The molecule has 0 fully saturated rings. The summed E-state index contributed by atoms with van der Waals surface area (Å²) in [6.45, 7) is 3.99. The van der Waals surface area contributed by atoms with Gasteiger partial charge in [0.25, 0.3) is 0 Å². The fraction of sp³-hybridized carbons (Fsp3) is 0.364. The van der Waals surface area contributed by atoms with Gasteiger partial charge in [0, 0.05) is 22.8 Å². The molecule has 0 saturated heterocycles. The topological polar surface area (TPSA) is 21.6 Å². The van der Waals surface area contributed by atoms with Crippen LogP contribution in [0.15, 0.2) is 17.1 Å². The van der Waals surface area contributed by atoms with Crippen LogP contribution < -0.4 is 4.74 Å². The summed E-state index contributed by atoms with van der Waals surface area (Å²) < 4.78 is 5.18. The Bertz CT molecular complexity index is 375. The molecule has 1 aromatic carbocycles. The van der Waals surface area contributed by atoms with E-state index in [4.69, 9.17) is 27.9 Å². The first-order chi connectivity index (χ1) is 7.04. The third-order valence-electron chi connectivity index (χ3n) is 1.75. The zero-order chi connectivity index (χ0) is 11.4. The molecule has 15 heavy (non-hydrogen) atoms. The SMILES string of the molecule is COc1c(Cl)cc(Cl)cc1C=NC(C)C. The number of hydrogen-bond acceptors (Lipinski definition) is 2. The Morgan fingerprint density at radius 1 is 1.33 bits per heavy atom. The van der Waals surface area contributed by atoms with Crippen molar-refractivity contribution >= 4 is 29.4 Å². The molecule has 0 aliphatic rings. The van der Waals surface area contributed by atoms with Gasteiger partial charge in [-0.15, -0.1) is 0 Å². The molecule has 0 spiro atoms. The predicted octanol–water partition coefficient (Wildman–Crippen LogP) is 3.83. The summed E-state index contributed by atoms with van der Waals surface area (Å²) in [6, 6.07) is 3.65. The third kappa shape index (κ3) is 3.40. The molecule has 0 atom stereocenters. The molecule has 0 radical (unpaired) electrons. The maximum atomic E-state index is 5.98. The normalized spacial score (nSPS) is 11.3. The van der Waals surface area contributed by atoms with E-state index < -0.39 is 0 Å². The minimum atomic E-state index is 0.229. The number of methoxy groups -OCH3 is 1. The number of nitrogens with zero attached hydrogens (tertiary/aromatic N) is 1. The summed E-state index contributed by atoms with van der Waals surface area (Å²) >= 11 is 11.9. The first-order valence-corrected chi connectivity index (χ1v) is 5.36. The lowest BCUT2D eigenvalue weighted by Gasteiger charge is -2.07. The second-order valence-electron chi connectivity index (χ2n) is 3.38. The molecule has 0 aliphatic carbocycles. The molecule has 4 heteroatoms. The lowest BCUT2D eigenvalue weighted by atomic mass is 10.2. The van der Waals surface area contributed by atoms with Crippen molar-refractivity contribution in [3.8, 4) is 5.75 Å². The van der Waals surface area contributed by atoms with Crippen molar-refractivity contribution in [2.45, 2.75) is 19.9 Å². The lowest BCUT2D eigenvalue weighted by Crippen LogP contribution is -1.95. The van der Waals surface area contributed by atoms with Gasteiger partial charge in [0.05, 0.1) is 12.1 Å². The molecule has 1 rings (SSSR count). The van der Waals surface area contributed by atoms with Gasteiger partial charge >= 0.3 is 0 Å². The van der Waals surface area contributed by atoms with Crippen LogP contribution in [0.4, 0.5) is 0 Å². The maximum absolute atomic E-state index is 5.98. The van der Waals surface area contributed by atoms with Crippen LogP contribution in [0.1, 0.15) is 19.4 Å². The van der Waals surface area contributed by atoms with Gasteiger partial charge in [0.15, 0.2) is 0 Å². The number of benzene rings is 1. The monoisotopic (exact) mass is 245 g/mol. The van der Waals surface area contributed by atoms with Crippen LogP contribution in [-0.4, -0.2) is 19.4 Å². The van der Waals surface area contributed by atoms with E-state index in [1.54, 1.807) is 25.5 Å². The van der Waals surface area contributed by atoms with Crippen molar-refractivity contribution in [3.05, 3.63) is 27.7 Å². The highest BCUT2D eigenvalue weighted by atomic mass is 35.5. The Morgan fingerprint density at radius 2 is 2.00 bits per heavy atom. The Kier molecular flexibility index (Phi) is 4.43. The van der Waals surface area contributed by atoms with Gasteiger partial charge in [0.2, 0.25) is 0 Å². The molecule has 0 aliphatic heterocycles. The molecular formula is C11H13Cl2NO. The summed E-state index contributed by atoms with van der Waals surface area (Å²) in [6.07, 6.45) is 1.72. The molecular weight excluding hydrogens is 233 g/mol. The highest BCUT2D eigenvalue weighted by Crippen LogP contribution is 2.31. The minimum Gasteiger partial charge on any atom is -0.495 e. The summed E-state index contributed by atoms with van der Waals surface area (Å²) in [4.78, 5) is 4.26. The van der Waals surface area contributed by atoms with Crippen molar-refractivity contribution in [3.63, 3.8) is 0 Å². The smallest absolute Gasteiger partial charge is 0.146 e. The van der Waals surface area contributed by atoms with Gasteiger partial charge in [-0.2, -0.15) is 0 Å². The van der Waals surface area contributed by atoms with Crippen LogP contribution in [0.25, 0.3) is 0 Å². The Morgan fingerprint density at radius 3 is 2.53 bits per heavy atom. The summed E-state index contributed by atoms with van der Waals surface area (Å²) in [5.41, 5.74) is 0.795. The van der Waals surface area contributed by atoms with E-state index in [1.165, 1.54) is 0 Å². The quantitative estimate of drug-likeness (QED) is 0.742. The molecule has 2 nitrogen and oxygen atoms in total. The van der Waals surface area contributed by atoms with Gasteiger partial charge < -0.3 is 4.74 Å². The van der Waals surface area contributed by atoms with Crippen LogP contribution in [0, 0.1) is 0 Å². The van der Waals surface area contributed by atoms with Gasteiger partial charge in [-0.3, -0.25) is 4.99 Å². The molecule has 0 bridgehead atoms. The molecule has 82 valence electrons. The van der Waals surface area contributed by atoms with Crippen molar-refractivity contribution in [1.29, 1.82) is 0 Å². The standard InChI is InChI=1S/C11H13Cl2NO/c1-7(2)14-6-8-4-9(12)5-10(13)11(8)15-3/h4-7H,1-3H3. The van der Waals surface area contributed by atoms with E-state index in [2.05, 4.69) is 4.99 Å². The zero-order valence-corrected chi connectivity index (χ0v) is 10.4. The lowest BCUT2D eigenvalue weighted by molar-refractivity contribution is 0.414. The molecule has 0 N–H and O–H groups in total. The predicted molar refractivity (Wildman–Crippen MR) is 65.7 cm³/mol. The van der Waals surface area contributed by atoms with Crippen LogP contribution in [0.2, 0.25) is 10.0 Å². The molecule has 0 unspecified atom stereocenters. The fourth-order valence-corrected chi connectivity index (χ4v) is 1.71. The number of halogens is 2. The molecule has 0 aromatic heterocycles. The van der Waals surface area contributed by atoms with E-state index in [-0.39, 0.29) is 6.04 Å². The van der Waals surface area contributed by atoms with E-state index in [1.807, 2.05) is 13.8 Å². The first kappa shape index (κ1) is 12.3. The summed E-state index contributed by atoms with van der Waals surface area (Å²) in [7, 11) is 1.57. The largest absolute Gasteiger partial charge is 0.495 e. The molecule has 0 saturated carbocycles. The summed E-state index contributed by atoms with van der Waals surface area (Å²) in [5.74, 6) is 0.602. The second kappa shape index (κ2) is 5.38. The number of rotatable bonds is 3. The average molecular weight is 246 g/mol. The molecule has 0 amide bonds. The van der Waals surface area contributed by atoms with Gasteiger partial charge in [-0.1, -0.05) is 23.2 Å². The van der Waals surface area contributed by atoms with Crippen molar-refractivity contribution in [1.82, 2.24) is 0 Å². The van der Waals surface area contributed by atoms with Gasteiger partial charge in [-0.25, -0.2) is 0 Å². The zero-order valence-electron chi connectivity index (χ0n) is 8.92. The Hall–Kier alpha value is -0.730. The highest BCUT2D eigenvalue weighted by Gasteiger charge is 2.07. The fourth-order valence-electron chi connectivity index (χ4n) is 1.12. The average Bonchev–Trinajstić information content (AvgIpc) is 2.13. The van der Waals surface area contributed by atoms with E-state index in [9.17, 15) is 0 Å². The van der Waals surface area contributed by atoms with Crippen molar-refractivity contribution in [2.75, 3.05) is 7.11 Å². The minimum absolute atomic E-state index is 0.229. The highest BCUT2D eigenvalue weighted by molar-refractivity contribution is 6.36.